The fourth-order valence-corrected chi connectivity index (χ4v) is 2.04. The highest BCUT2D eigenvalue weighted by molar-refractivity contribution is 5.89. The molecule has 0 aliphatic rings. The zero-order valence-corrected chi connectivity index (χ0v) is 12.0. The monoisotopic (exact) mass is 302 g/mol. The number of aliphatic hydroxyl groups is 1. The lowest BCUT2D eigenvalue weighted by molar-refractivity contribution is 0.0696. The highest BCUT2D eigenvalue weighted by atomic mass is 16.5. The number of aromatic carboxylic acids is 1. The first-order valence-corrected chi connectivity index (χ1v) is 6.80. The zero-order valence-electron chi connectivity index (χ0n) is 12.0. The molecule has 0 radical (unpaired) electrons. The molecule has 2 rings (SSSR count). The third-order valence-electron chi connectivity index (χ3n) is 3.07. The molecular formula is C16H18N2O4. The van der Waals surface area contributed by atoms with Crippen LogP contribution in [0, 0.1) is 0 Å². The van der Waals surface area contributed by atoms with E-state index in [0.29, 0.717) is 29.2 Å². The number of aliphatic hydroxyl groups excluding tert-OH is 1. The van der Waals surface area contributed by atoms with Gasteiger partial charge >= 0.3 is 5.97 Å². The molecule has 0 spiro atoms. The normalized spacial score (nSPS) is 10.2. The molecule has 5 N–H and O–H groups in total. The maximum atomic E-state index is 11.2. The summed E-state index contributed by atoms with van der Waals surface area (Å²) in [5.74, 6) is -0.419. The van der Waals surface area contributed by atoms with Crippen LogP contribution in [0.5, 0.6) is 5.75 Å². The Morgan fingerprint density at radius 3 is 2.73 bits per heavy atom. The van der Waals surface area contributed by atoms with Gasteiger partial charge < -0.3 is 26.0 Å². The lowest BCUT2D eigenvalue weighted by Crippen LogP contribution is -2.09. The van der Waals surface area contributed by atoms with E-state index in [4.69, 9.17) is 15.6 Å². The van der Waals surface area contributed by atoms with Gasteiger partial charge in [0.2, 0.25) is 0 Å². The summed E-state index contributed by atoms with van der Waals surface area (Å²) in [7, 11) is 0. The van der Waals surface area contributed by atoms with Crippen LogP contribution in [0.3, 0.4) is 0 Å². The van der Waals surface area contributed by atoms with Gasteiger partial charge in [-0.05, 0) is 29.8 Å². The summed E-state index contributed by atoms with van der Waals surface area (Å²) in [6, 6.07) is 11.9. The van der Waals surface area contributed by atoms with E-state index in [1.54, 1.807) is 42.5 Å². The van der Waals surface area contributed by atoms with Crippen molar-refractivity contribution in [2.24, 2.45) is 0 Å². The third kappa shape index (κ3) is 3.89. The molecule has 0 aromatic heterocycles. The predicted octanol–water partition coefficient (Wildman–Crippen LogP) is 1.95. The molecule has 0 aliphatic carbocycles. The molecule has 0 bridgehead atoms. The molecule has 0 saturated carbocycles. The molecule has 2 aromatic carbocycles. The Bertz CT molecular complexity index is 658. The van der Waals surface area contributed by atoms with Gasteiger partial charge in [0, 0.05) is 12.2 Å². The number of carbonyl (C=O) groups is 1. The quantitative estimate of drug-likeness (QED) is 0.583. The van der Waals surface area contributed by atoms with Crippen molar-refractivity contribution in [2.45, 2.75) is 6.54 Å². The number of carboxylic acid groups (broad SMARTS) is 1. The maximum absolute atomic E-state index is 11.2. The van der Waals surface area contributed by atoms with Crippen molar-refractivity contribution in [2.75, 3.05) is 24.3 Å². The van der Waals surface area contributed by atoms with Crippen LogP contribution in [0.15, 0.2) is 42.5 Å². The molecular weight excluding hydrogens is 284 g/mol. The fourth-order valence-electron chi connectivity index (χ4n) is 2.04. The summed E-state index contributed by atoms with van der Waals surface area (Å²) in [6.45, 7) is 0.400. The average Bonchev–Trinajstić information content (AvgIpc) is 2.52. The SMILES string of the molecule is Nc1ccc(OCCO)c(NCc2ccccc2C(=O)O)c1. The Labute approximate surface area is 128 Å². The predicted molar refractivity (Wildman–Crippen MR) is 84.2 cm³/mol. The average molecular weight is 302 g/mol. The summed E-state index contributed by atoms with van der Waals surface area (Å²) in [5, 5.41) is 21.1. The van der Waals surface area contributed by atoms with E-state index < -0.39 is 5.97 Å². The van der Waals surface area contributed by atoms with Crippen LogP contribution in [0.2, 0.25) is 0 Å². The van der Waals surface area contributed by atoms with Crippen LogP contribution in [0.1, 0.15) is 15.9 Å². The fraction of sp³-hybridized carbons (Fsp3) is 0.188. The number of rotatable bonds is 7. The number of ether oxygens (including phenoxy) is 1. The number of nitrogens with two attached hydrogens (primary N) is 1. The topological polar surface area (TPSA) is 105 Å². The summed E-state index contributed by atoms with van der Waals surface area (Å²) in [5.41, 5.74) is 7.88. The summed E-state index contributed by atoms with van der Waals surface area (Å²) < 4.78 is 5.42. The smallest absolute Gasteiger partial charge is 0.336 e. The van der Waals surface area contributed by atoms with Crippen molar-refractivity contribution in [1.82, 2.24) is 0 Å². The van der Waals surface area contributed by atoms with Crippen molar-refractivity contribution < 1.29 is 19.7 Å². The van der Waals surface area contributed by atoms with Gasteiger partial charge in [0.25, 0.3) is 0 Å². The van der Waals surface area contributed by atoms with Gasteiger partial charge in [0.15, 0.2) is 0 Å². The molecule has 0 amide bonds. The number of nitrogens with one attached hydrogen (secondary N) is 1. The van der Waals surface area contributed by atoms with Crippen LogP contribution in [0.4, 0.5) is 11.4 Å². The molecule has 0 unspecified atom stereocenters. The van der Waals surface area contributed by atoms with Crippen LogP contribution < -0.4 is 15.8 Å². The number of nitrogen functional groups attached to an aromatic ring is 1. The molecule has 116 valence electrons. The van der Waals surface area contributed by atoms with Gasteiger partial charge in [-0.1, -0.05) is 18.2 Å². The van der Waals surface area contributed by atoms with Crippen molar-refractivity contribution in [3.63, 3.8) is 0 Å². The van der Waals surface area contributed by atoms with Crippen molar-refractivity contribution in [1.29, 1.82) is 0 Å². The van der Waals surface area contributed by atoms with Gasteiger partial charge in [0.1, 0.15) is 12.4 Å². The lowest BCUT2D eigenvalue weighted by atomic mass is 10.1. The second kappa shape index (κ2) is 7.33. The van der Waals surface area contributed by atoms with Crippen LogP contribution in [-0.4, -0.2) is 29.4 Å². The summed E-state index contributed by atoms with van der Waals surface area (Å²) in [6.07, 6.45) is 0. The summed E-state index contributed by atoms with van der Waals surface area (Å²) in [4.78, 5) is 11.2. The van der Waals surface area contributed by atoms with E-state index in [2.05, 4.69) is 5.32 Å². The van der Waals surface area contributed by atoms with Crippen LogP contribution in [-0.2, 0) is 6.54 Å². The van der Waals surface area contributed by atoms with E-state index in [1.165, 1.54) is 0 Å². The molecule has 22 heavy (non-hydrogen) atoms. The van der Waals surface area contributed by atoms with Gasteiger partial charge in [-0.2, -0.15) is 0 Å². The van der Waals surface area contributed by atoms with E-state index in [-0.39, 0.29) is 18.8 Å². The van der Waals surface area contributed by atoms with E-state index in [9.17, 15) is 9.90 Å². The molecule has 0 saturated heterocycles. The highest BCUT2D eigenvalue weighted by Gasteiger charge is 2.10. The Morgan fingerprint density at radius 2 is 2.00 bits per heavy atom. The van der Waals surface area contributed by atoms with E-state index >= 15 is 0 Å². The standard InChI is InChI=1S/C16H18N2O4/c17-12-5-6-15(22-8-7-19)14(9-12)18-10-11-3-1-2-4-13(11)16(20)21/h1-6,9,18-19H,7-8,10,17H2,(H,20,21). The minimum atomic E-state index is -0.971. The van der Waals surface area contributed by atoms with Gasteiger partial charge in [0.05, 0.1) is 17.9 Å². The molecule has 0 fully saturated rings. The van der Waals surface area contributed by atoms with Gasteiger partial charge in [-0.3, -0.25) is 0 Å². The first kappa shape index (κ1) is 15.7. The Kier molecular flexibility index (Phi) is 5.21. The third-order valence-corrected chi connectivity index (χ3v) is 3.07. The number of hydrogen-bond donors (Lipinski definition) is 4. The number of benzene rings is 2. The lowest BCUT2D eigenvalue weighted by Gasteiger charge is -2.14. The Hall–Kier alpha value is -2.73. The van der Waals surface area contributed by atoms with Crippen molar-refractivity contribution in [3.05, 3.63) is 53.6 Å². The number of carboxylic acids is 1. The Morgan fingerprint density at radius 1 is 1.23 bits per heavy atom. The van der Waals surface area contributed by atoms with Crippen LogP contribution in [0.25, 0.3) is 0 Å². The largest absolute Gasteiger partial charge is 0.489 e. The molecule has 2 aromatic rings. The minimum Gasteiger partial charge on any atom is -0.489 e. The van der Waals surface area contributed by atoms with Gasteiger partial charge in [-0.15, -0.1) is 0 Å². The van der Waals surface area contributed by atoms with E-state index in [0.717, 1.165) is 0 Å². The first-order chi connectivity index (χ1) is 10.6. The molecule has 0 aliphatic heterocycles. The van der Waals surface area contributed by atoms with Crippen LogP contribution >= 0.6 is 0 Å². The Balaban J connectivity index is 2.17. The maximum Gasteiger partial charge on any atom is 0.336 e. The number of hydrogen-bond acceptors (Lipinski definition) is 5. The van der Waals surface area contributed by atoms with E-state index in [1.807, 2.05) is 0 Å². The molecule has 0 heterocycles. The minimum absolute atomic E-state index is 0.0916. The zero-order chi connectivity index (χ0) is 15.9. The second-order valence-electron chi connectivity index (χ2n) is 4.64. The second-order valence-corrected chi connectivity index (χ2v) is 4.64. The van der Waals surface area contributed by atoms with Gasteiger partial charge in [-0.25, -0.2) is 4.79 Å². The summed E-state index contributed by atoms with van der Waals surface area (Å²) >= 11 is 0. The first-order valence-electron chi connectivity index (χ1n) is 6.80. The number of anilines is 2. The van der Waals surface area contributed by atoms with Crippen molar-refractivity contribution >= 4 is 17.3 Å². The van der Waals surface area contributed by atoms with Crippen molar-refractivity contribution in [3.8, 4) is 5.75 Å². The molecule has 6 heteroatoms. The molecule has 0 atom stereocenters. The molecule has 6 nitrogen and oxygen atoms in total. The highest BCUT2D eigenvalue weighted by Crippen LogP contribution is 2.27.